The van der Waals surface area contributed by atoms with E-state index in [-0.39, 0.29) is 11.6 Å². The normalized spacial score (nSPS) is 20.5. The Morgan fingerprint density at radius 1 is 1.27 bits per heavy atom. The summed E-state index contributed by atoms with van der Waals surface area (Å²) in [7, 11) is 0. The molecule has 0 saturated carbocycles. The standard InChI is InChI=1S/C13H19NO/c1-5-12-10-8-6-7-9-11(10)14(15-12)13(2,3)4/h6-9,12H,5H2,1-4H3. The first-order chi connectivity index (χ1) is 7.04. The van der Waals surface area contributed by atoms with Gasteiger partial charge >= 0.3 is 0 Å². The molecule has 0 aliphatic carbocycles. The molecule has 2 nitrogen and oxygen atoms in total. The number of hydroxylamine groups is 1. The van der Waals surface area contributed by atoms with Gasteiger partial charge in [0.15, 0.2) is 0 Å². The van der Waals surface area contributed by atoms with Crippen LogP contribution in [0.1, 0.15) is 45.8 Å². The summed E-state index contributed by atoms with van der Waals surface area (Å²) >= 11 is 0. The molecular weight excluding hydrogens is 186 g/mol. The number of hydrogen-bond donors (Lipinski definition) is 0. The van der Waals surface area contributed by atoms with Crippen molar-refractivity contribution < 1.29 is 4.84 Å². The van der Waals surface area contributed by atoms with Crippen LogP contribution < -0.4 is 5.06 Å². The molecule has 2 rings (SSSR count). The Labute approximate surface area is 91.8 Å². The van der Waals surface area contributed by atoms with Gasteiger partial charge in [0.2, 0.25) is 0 Å². The van der Waals surface area contributed by atoms with Crippen LogP contribution >= 0.6 is 0 Å². The third kappa shape index (κ3) is 1.74. The van der Waals surface area contributed by atoms with Crippen molar-refractivity contribution in [2.24, 2.45) is 0 Å². The minimum atomic E-state index is 0.0139. The second-order valence-electron chi connectivity index (χ2n) is 5.03. The average molecular weight is 205 g/mol. The third-order valence-corrected chi connectivity index (χ3v) is 2.72. The van der Waals surface area contributed by atoms with Gasteiger partial charge in [0.1, 0.15) is 6.10 Å². The van der Waals surface area contributed by atoms with E-state index >= 15 is 0 Å². The van der Waals surface area contributed by atoms with Crippen molar-refractivity contribution in [3.05, 3.63) is 29.8 Å². The van der Waals surface area contributed by atoms with Crippen LogP contribution in [0.2, 0.25) is 0 Å². The highest BCUT2D eigenvalue weighted by Crippen LogP contribution is 2.42. The molecule has 15 heavy (non-hydrogen) atoms. The van der Waals surface area contributed by atoms with E-state index in [2.05, 4.69) is 52.0 Å². The molecule has 1 aromatic carbocycles. The summed E-state index contributed by atoms with van der Waals surface area (Å²) in [5, 5.41) is 2.04. The molecule has 0 aromatic heterocycles. The van der Waals surface area contributed by atoms with Crippen molar-refractivity contribution in [2.75, 3.05) is 5.06 Å². The quantitative estimate of drug-likeness (QED) is 0.693. The van der Waals surface area contributed by atoms with E-state index < -0.39 is 0 Å². The Morgan fingerprint density at radius 3 is 2.53 bits per heavy atom. The van der Waals surface area contributed by atoms with Gasteiger partial charge in [-0.15, -0.1) is 0 Å². The summed E-state index contributed by atoms with van der Waals surface area (Å²) in [4.78, 5) is 5.98. The summed E-state index contributed by atoms with van der Waals surface area (Å²) in [5.41, 5.74) is 2.55. The zero-order chi connectivity index (χ0) is 11.1. The SMILES string of the molecule is CCC1ON(C(C)(C)C)c2ccccc21. The predicted octanol–water partition coefficient (Wildman–Crippen LogP) is 3.69. The van der Waals surface area contributed by atoms with Crippen molar-refractivity contribution in [2.45, 2.75) is 45.8 Å². The Hall–Kier alpha value is -1.02. The van der Waals surface area contributed by atoms with Crippen LogP contribution in [-0.2, 0) is 4.84 Å². The average Bonchev–Trinajstić information content (AvgIpc) is 2.55. The van der Waals surface area contributed by atoms with Crippen LogP contribution in [0, 0.1) is 0 Å². The summed E-state index contributed by atoms with van der Waals surface area (Å²) in [5.74, 6) is 0. The maximum absolute atomic E-state index is 5.98. The molecule has 1 aromatic rings. The van der Waals surface area contributed by atoms with Crippen LogP contribution in [0.4, 0.5) is 5.69 Å². The molecule has 1 aliphatic rings. The van der Waals surface area contributed by atoms with Gasteiger partial charge in [-0.1, -0.05) is 25.1 Å². The molecule has 0 bridgehead atoms. The van der Waals surface area contributed by atoms with E-state index in [0.717, 1.165) is 6.42 Å². The molecule has 0 N–H and O–H groups in total. The topological polar surface area (TPSA) is 12.5 Å². The fraction of sp³-hybridized carbons (Fsp3) is 0.538. The maximum Gasteiger partial charge on any atom is 0.112 e. The van der Waals surface area contributed by atoms with E-state index in [1.54, 1.807) is 0 Å². The Morgan fingerprint density at radius 2 is 1.93 bits per heavy atom. The molecule has 1 atom stereocenters. The smallest absolute Gasteiger partial charge is 0.112 e. The second kappa shape index (κ2) is 3.53. The number of rotatable bonds is 1. The first-order valence-electron chi connectivity index (χ1n) is 5.60. The van der Waals surface area contributed by atoms with Gasteiger partial charge < -0.3 is 0 Å². The minimum absolute atomic E-state index is 0.0139. The van der Waals surface area contributed by atoms with Crippen LogP contribution in [-0.4, -0.2) is 5.54 Å². The van der Waals surface area contributed by atoms with Gasteiger partial charge in [0.25, 0.3) is 0 Å². The molecule has 0 spiro atoms. The Balaban J connectivity index is 2.42. The number of para-hydroxylation sites is 1. The first-order valence-corrected chi connectivity index (χ1v) is 5.60. The lowest BCUT2D eigenvalue weighted by Gasteiger charge is -2.32. The van der Waals surface area contributed by atoms with Crippen molar-refractivity contribution in [3.8, 4) is 0 Å². The van der Waals surface area contributed by atoms with Crippen LogP contribution in [0.5, 0.6) is 0 Å². The lowest BCUT2D eigenvalue weighted by Crippen LogP contribution is -2.39. The van der Waals surface area contributed by atoms with E-state index in [1.165, 1.54) is 11.3 Å². The molecule has 0 amide bonds. The second-order valence-corrected chi connectivity index (χ2v) is 5.03. The van der Waals surface area contributed by atoms with Crippen LogP contribution in [0.25, 0.3) is 0 Å². The summed E-state index contributed by atoms with van der Waals surface area (Å²) in [6, 6.07) is 8.45. The van der Waals surface area contributed by atoms with E-state index in [9.17, 15) is 0 Å². The number of nitrogens with zero attached hydrogens (tertiary/aromatic N) is 1. The molecule has 0 saturated heterocycles. The van der Waals surface area contributed by atoms with Gasteiger partial charge in [-0.2, -0.15) is 0 Å². The van der Waals surface area contributed by atoms with Crippen molar-refractivity contribution in [1.29, 1.82) is 0 Å². The molecule has 2 heteroatoms. The highest BCUT2D eigenvalue weighted by Gasteiger charge is 2.34. The fourth-order valence-corrected chi connectivity index (χ4v) is 2.00. The van der Waals surface area contributed by atoms with Gasteiger partial charge in [-0.25, -0.2) is 5.06 Å². The summed E-state index contributed by atoms with van der Waals surface area (Å²) in [6.45, 7) is 8.67. The molecule has 82 valence electrons. The van der Waals surface area contributed by atoms with E-state index in [0.29, 0.717) is 0 Å². The number of anilines is 1. The monoisotopic (exact) mass is 205 g/mol. The zero-order valence-corrected chi connectivity index (χ0v) is 9.95. The lowest BCUT2D eigenvalue weighted by molar-refractivity contribution is 0.0202. The summed E-state index contributed by atoms with van der Waals surface area (Å²) in [6.07, 6.45) is 1.24. The minimum Gasteiger partial charge on any atom is -0.265 e. The summed E-state index contributed by atoms with van der Waals surface area (Å²) < 4.78 is 0. The third-order valence-electron chi connectivity index (χ3n) is 2.72. The van der Waals surface area contributed by atoms with Gasteiger partial charge in [-0.3, -0.25) is 4.84 Å². The van der Waals surface area contributed by atoms with Gasteiger partial charge in [0.05, 0.1) is 11.2 Å². The van der Waals surface area contributed by atoms with E-state index in [1.807, 2.05) is 5.06 Å². The highest BCUT2D eigenvalue weighted by atomic mass is 16.7. The van der Waals surface area contributed by atoms with Gasteiger partial charge in [-0.05, 0) is 33.3 Å². The molecule has 0 fully saturated rings. The highest BCUT2D eigenvalue weighted by molar-refractivity contribution is 5.57. The molecule has 1 heterocycles. The predicted molar refractivity (Wildman–Crippen MR) is 62.8 cm³/mol. The molecular formula is C13H19NO. The van der Waals surface area contributed by atoms with E-state index in [4.69, 9.17) is 4.84 Å². The molecule has 0 radical (unpaired) electrons. The Bertz CT molecular complexity index is 354. The number of hydrogen-bond acceptors (Lipinski definition) is 2. The van der Waals surface area contributed by atoms with Crippen molar-refractivity contribution in [3.63, 3.8) is 0 Å². The van der Waals surface area contributed by atoms with Crippen molar-refractivity contribution in [1.82, 2.24) is 0 Å². The Kier molecular flexibility index (Phi) is 2.47. The van der Waals surface area contributed by atoms with Crippen LogP contribution in [0.3, 0.4) is 0 Å². The fourth-order valence-electron chi connectivity index (χ4n) is 2.00. The van der Waals surface area contributed by atoms with Gasteiger partial charge in [0, 0.05) is 5.56 Å². The van der Waals surface area contributed by atoms with Crippen molar-refractivity contribution >= 4 is 5.69 Å². The molecule has 1 aliphatic heterocycles. The lowest BCUT2D eigenvalue weighted by atomic mass is 10.0. The van der Waals surface area contributed by atoms with Crippen LogP contribution in [0.15, 0.2) is 24.3 Å². The first kappa shape index (κ1) is 10.5. The largest absolute Gasteiger partial charge is 0.265 e. The zero-order valence-electron chi connectivity index (χ0n) is 9.95. The number of fused-ring (bicyclic) bond motifs is 1. The number of benzene rings is 1. The molecule has 1 unspecified atom stereocenters. The maximum atomic E-state index is 5.98.